The summed E-state index contributed by atoms with van der Waals surface area (Å²) in [4.78, 5) is 11.7. The largest absolute Gasteiger partial charge is 0.416 e. The van der Waals surface area contributed by atoms with Crippen LogP contribution in [0.5, 0.6) is 0 Å². The van der Waals surface area contributed by atoms with Gasteiger partial charge in [-0.25, -0.2) is 0 Å². The topological polar surface area (TPSA) is 29.1 Å². The molecule has 1 aromatic carbocycles. The minimum absolute atomic E-state index is 0.165. The van der Waals surface area contributed by atoms with Gasteiger partial charge in [-0.2, -0.15) is 13.2 Å². The maximum absolute atomic E-state index is 12.6. The van der Waals surface area contributed by atoms with Crippen LogP contribution in [0.1, 0.15) is 29.9 Å². The van der Waals surface area contributed by atoms with Crippen molar-refractivity contribution in [1.29, 1.82) is 0 Å². The molecule has 1 amide bonds. The molecule has 2 nitrogen and oxygen atoms in total. The van der Waals surface area contributed by atoms with Crippen LogP contribution in [0.15, 0.2) is 18.2 Å². The number of nitrogens with one attached hydrogen (secondary N) is 1. The maximum Gasteiger partial charge on any atom is 0.416 e. The highest BCUT2D eigenvalue weighted by Gasteiger charge is 2.43. The number of alkyl halides is 3. The highest BCUT2D eigenvalue weighted by atomic mass is 19.4. The number of hydrogen-bond acceptors (Lipinski definition) is 1. The van der Waals surface area contributed by atoms with Gasteiger partial charge < -0.3 is 5.32 Å². The van der Waals surface area contributed by atoms with Crippen LogP contribution in [0.3, 0.4) is 0 Å². The standard InChI is InChI=1S/C12H10F3NO/c13-12(14,15)7-3-4-9-8(5-7)10(6-1-2-6)11(17)16-9/h3-6,10H,1-2H2,(H,16,17). The average molecular weight is 241 g/mol. The Morgan fingerprint density at radius 2 is 1.94 bits per heavy atom. The lowest BCUT2D eigenvalue weighted by molar-refractivity contribution is -0.137. The van der Waals surface area contributed by atoms with Crippen LogP contribution in [0, 0.1) is 5.92 Å². The Labute approximate surface area is 95.8 Å². The highest BCUT2D eigenvalue weighted by Crippen LogP contribution is 2.49. The Morgan fingerprint density at radius 1 is 1.24 bits per heavy atom. The zero-order valence-corrected chi connectivity index (χ0v) is 8.84. The van der Waals surface area contributed by atoms with Crippen molar-refractivity contribution in [3.63, 3.8) is 0 Å². The van der Waals surface area contributed by atoms with Gasteiger partial charge in [0.1, 0.15) is 0 Å². The second-order valence-corrected chi connectivity index (χ2v) is 4.60. The molecule has 0 aromatic heterocycles. The van der Waals surface area contributed by atoms with E-state index in [0.717, 1.165) is 25.0 Å². The van der Waals surface area contributed by atoms with Gasteiger partial charge in [-0.3, -0.25) is 4.79 Å². The summed E-state index contributed by atoms with van der Waals surface area (Å²) in [6.45, 7) is 0. The number of amides is 1. The van der Waals surface area contributed by atoms with Gasteiger partial charge in [0, 0.05) is 5.69 Å². The lowest BCUT2D eigenvalue weighted by Gasteiger charge is -2.10. The fourth-order valence-electron chi connectivity index (χ4n) is 2.36. The predicted octanol–water partition coefficient (Wildman–Crippen LogP) is 3.15. The third-order valence-electron chi connectivity index (χ3n) is 3.35. The Morgan fingerprint density at radius 3 is 2.53 bits per heavy atom. The van der Waals surface area contributed by atoms with Crippen LogP contribution < -0.4 is 5.32 Å². The van der Waals surface area contributed by atoms with Crippen LogP contribution in [0.25, 0.3) is 0 Å². The molecule has 0 bridgehead atoms. The maximum atomic E-state index is 12.6. The summed E-state index contributed by atoms with van der Waals surface area (Å²) in [7, 11) is 0. The molecule has 17 heavy (non-hydrogen) atoms. The van der Waals surface area contributed by atoms with E-state index >= 15 is 0 Å². The molecule has 1 N–H and O–H groups in total. The summed E-state index contributed by atoms with van der Waals surface area (Å²) in [5.74, 6) is -0.325. The van der Waals surface area contributed by atoms with Crippen molar-refractivity contribution < 1.29 is 18.0 Å². The number of halogens is 3. The van der Waals surface area contributed by atoms with Gasteiger partial charge in [-0.1, -0.05) is 0 Å². The molecular weight excluding hydrogens is 231 g/mol. The molecule has 1 heterocycles. The van der Waals surface area contributed by atoms with Crippen LogP contribution >= 0.6 is 0 Å². The molecule has 1 atom stereocenters. The van der Waals surface area contributed by atoms with E-state index < -0.39 is 11.7 Å². The molecule has 2 aliphatic rings. The van der Waals surface area contributed by atoms with E-state index in [0.29, 0.717) is 11.3 Å². The Hall–Kier alpha value is -1.52. The van der Waals surface area contributed by atoms with Crippen LogP contribution in [0.4, 0.5) is 18.9 Å². The van der Waals surface area contributed by atoms with Crippen molar-refractivity contribution in [3.8, 4) is 0 Å². The number of fused-ring (bicyclic) bond motifs is 1. The minimum Gasteiger partial charge on any atom is -0.325 e. The summed E-state index contributed by atoms with van der Waals surface area (Å²) in [5.41, 5.74) is 0.352. The highest BCUT2D eigenvalue weighted by molar-refractivity contribution is 6.03. The molecule has 0 spiro atoms. The number of rotatable bonds is 1. The quantitative estimate of drug-likeness (QED) is 0.804. The van der Waals surface area contributed by atoms with Gasteiger partial charge in [0.15, 0.2) is 0 Å². The molecule has 0 saturated heterocycles. The van der Waals surface area contributed by atoms with Crippen molar-refractivity contribution in [1.82, 2.24) is 0 Å². The molecule has 1 aliphatic heterocycles. The van der Waals surface area contributed by atoms with Crippen molar-refractivity contribution >= 4 is 11.6 Å². The van der Waals surface area contributed by atoms with Gasteiger partial charge in [0.2, 0.25) is 5.91 Å². The molecule has 1 aliphatic carbocycles. The van der Waals surface area contributed by atoms with Crippen LogP contribution in [0.2, 0.25) is 0 Å². The summed E-state index contributed by atoms with van der Waals surface area (Å²) in [6.07, 6.45) is -2.50. The minimum atomic E-state index is -4.35. The first-order valence-electron chi connectivity index (χ1n) is 5.49. The molecule has 0 radical (unpaired) electrons. The van der Waals surface area contributed by atoms with E-state index in [1.54, 1.807) is 0 Å². The molecule has 1 unspecified atom stereocenters. The van der Waals surface area contributed by atoms with E-state index in [1.807, 2.05) is 0 Å². The van der Waals surface area contributed by atoms with Crippen molar-refractivity contribution in [2.45, 2.75) is 24.9 Å². The smallest absolute Gasteiger partial charge is 0.325 e. The first-order valence-corrected chi connectivity index (χ1v) is 5.49. The van der Waals surface area contributed by atoms with E-state index in [2.05, 4.69) is 5.32 Å². The first-order chi connectivity index (χ1) is 7.97. The van der Waals surface area contributed by atoms with Gasteiger partial charge >= 0.3 is 6.18 Å². The molecule has 3 rings (SSSR count). The van der Waals surface area contributed by atoms with Gasteiger partial charge in [0.25, 0.3) is 0 Å². The molecular formula is C12H10F3NO. The van der Waals surface area contributed by atoms with Crippen LogP contribution in [-0.2, 0) is 11.0 Å². The number of carbonyl (C=O) groups is 1. The summed E-state index contributed by atoms with van der Waals surface area (Å²) in [5, 5.41) is 2.64. The van der Waals surface area contributed by atoms with Crippen molar-refractivity contribution in [2.24, 2.45) is 5.92 Å². The van der Waals surface area contributed by atoms with Crippen LogP contribution in [-0.4, -0.2) is 5.91 Å². The average Bonchev–Trinajstić information content (AvgIpc) is 2.99. The number of benzene rings is 1. The van der Waals surface area contributed by atoms with E-state index in [-0.39, 0.29) is 17.7 Å². The van der Waals surface area contributed by atoms with Crippen molar-refractivity contribution in [2.75, 3.05) is 5.32 Å². The third-order valence-corrected chi connectivity index (χ3v) is 3.35. The van der Waals surface area contributed by atoms with E-state index in [1.165, 1.54) is 6.07 Å². The zero-order chi connectivity index (χ0) is 12.2. The monoisotopic (exact) mass is 241 g/mol. The van der Waals surface area contributed by atoms with Gasteiger partial charge in [-0.15, -0.1) is 0 Å². The Balaban J connectivity index is 2.05. The van der Waals surface area contributed by atoms with Gasteiger partial charge in [0.05, 0.1) is 11.5 Å². The zero-order valence-electron chi connectivity index (χ0n) is 8.84. The lowest BCUT2D eigenvalue weighted by atomic mass is 9.94. The normalized spacial score (nSPS) is 23.5. The third kappa shape index (κ3) is 1.69. The van der Waals surface area contributed by atoms with E-state index in [9.17, 15) is 18.0 Å². The first kappa shape index (κ1) is 10.6. The lowest BCUT2D eigenvalue weighted by Crippen LogP contribution is -2.13. The Bertz CT molecular complexity index is 491. The predicted molar refractivity (Wildman–Crippen MR) is 55.5 cm³/mol. The molecule has 5 heteroatoms. The summed E-state index contributed by atoms with van der Waals surface area (Å²) < 4.78 is 37.8. The summed E-state index contributed by atoms with van der Waals surface area (Å²) in [6, 6.07) is 3.46. The molecule has 90 valence electrons. The molecule has 1 aromatic rings. The second kappa shape index (κ2) is 3.24. The van der Waals surface area contributed by atoms with Gasteiger partial charge in [-0.05, 0) is 42.5 Å². The fourth-order valence-corrected chi connectivity index (χ4v) is 2.36. The molecule has 1 fully saturated rings. The number of carbonyl (C=O) groups excluding carboxylic acids is 1. The van der Waals surface area contributed by atoms with E-state index in [4.69, 9.17) is 0 Å². The molecule has 1 saturated carbocycles. The van der Waals surface area contributed by atoms with Crippen molar-refractivity contribution in [3.05, 3.63) is 29.3 Å². The number of hydrogen-bond donors (Lipinski definition) is 1. The fraction of sp³-hybridized carbons (Fsp3) is 0.417. The second-order valence-electron chi connectivity index (χ2n) is 4.60. The summed E-state index contributed by atoms with van der Waals surface area (Å²) >= 11 is 0. The Kier molecular flexibility index (Phi) is 2.03. The number of anilines is 1. The SMILES string of the molecule is O=C1Nc2ccc(C(F)(F)F)cc2C1C1CC1.